The minimum Gasteiger partial charge on any atom is -0.465 e. The molecule has 3 fully saturated rings. The van der Waals surface area contributed by atoms with Crippen LogP contribution in [0.4, 0.5) is 9.59 Å². The van der Waals surface area contributed by atoms with Crippen LogP contribution in [-0.4, -0.2) is 96.7 Å². The van der Waals surface area contributed by atoms with Crippen molar-refractivity contribution in [2.24, 2.45) is 22.7 Å². The Bertz CT molecular complexity index is 1980. The summed E-state index contributed by atoms with van der Waals surface area (Å²) in [6.07, 6.45) is 4.70. The van der Waals surface area contributed by atoms with Crippen LogP contribution in [-0.2, 0) is 56.5 Å². The molecule has 0 radical (unpaired) electrons. The number of allylic oxidation sites excluding steroid dienone is 2. The molecule has 2 N–H and O–H groups in total. The van der Waals surface area contributed by atoms with Gasteiger partial charge in [-0.3, -0.25) is 28.8 Å². The number of sulfonamides is 1. The molecule has 316 valence electrons. The van der Waals surface area contributed by atoms with E-state index in [9.17, 15) is 37.2 Å². The van der Waals surface area contributed by atoms with Gasteiger partial charge in [0.05, 0.1) is 48.7 Å². The zero-order chi connectivity index (χ0) is 42.2. The van der Waals surface area contributed by atoms with Crippen LogP contribution in [0.15, 0.2) is 36.9 Å². The van der Waals surface area contributed by atoms with Crippen molar-refractivity contribution >= 4 is 51.9 Å². The fourth-order valence-corrected chi connectivity index (χ4v) is 9.37. The molecule has 0 unspecified atom stereocenters. The average molecular weight is 825 g/mol. The Balaban J connectivity index is 1.29. The number of ketones is 1. The zero-order valence-electron chi connectivity index (χ0n) is 34.0. The lowest BCUT2D eigenvalue weighted by Crippen LogP contribution is -2.48. The van der Waals surface area contributed by atoms with Crippen LogP contribution in [0.3, 0.4) is 0 Å². The Morgan fingerprint density at radius 2 is 1.84 bits per heavy atom. The van der Waals surface area contributed by atoms with Gasteiger partial charge in [-0.25, -0.2) is 18.0 Å². The molecule has 1 saturated heterocycles. The van der Waals surface area contributed by atoms with Gasteiger partial charge >= 0.3 is 18.2 Å². The van der Waals surface area contributed by atoms with E-state index in [1.165, 1.54) is 11.0 Å². The van der Waals surface area contributed by atoms with Gasteiger partial charge in [-0.1, -0.05) is 50.3 Å². The van der Waals surface area contributed by atoms with Crippen molar-refractivity contribution in [2.45, 2.75) is 122 Å². The van der Waals surface area contributed by atoms with Gasteiger partial charge in [0.1, 0.15) is 11.7 Å². The monoisotopic (exact) mass is 824 g/mol. The van der Waals surface area contributed by atoms with E-state index >= 15 is 0 Å². The largest absolute Gasteiger partial charge is 0.465 e. The summed E-state index contributed by atoms with van der Waals surface area (Å²) in [6.45, 7) is 12.9. The lowest BCUT2D eigenvalue weighted by molar-refractivity contribution is -0.152. The highest BCUT2D eigenvalue weighted by Crippen LogP contribution is 2.57. The smallest absolute Gasteiger partial charge is 0.410 e. The van der Waals surface area contributed by atoms with Crippen molar-refractivity contribution in [3.63, 3.8) is 0 Å². The number of hydrogen-bond donors (Lipinski definition) is 2. The molecule has 3 aliphatic heterocycles. The van der Waals surface area contributed by atoms with E-state index in [0.717, 1.165) is 16.7 Å². The first-order chi connectivity index (χ1) is 27.2. The highest BCUT2D eigenvalue weighted by molar-refractivity contribution is 7.90. The van der Waals surface area contributed by atoms with Crippen molar-refractivity contribution in [3.8, 4) is 0 Å². The highest BCUT2D eigenvalue weighted by atomic mass is 32.2. The van der Waals surface area contributed by atoms with E-state index in [0.29, 0.717) is 38.8 Å². The first-order valence-corrected chi connectivity index (χ1v) is 21.6. The SMILES string of the molecule is C=C[C@@H]1C[C@]1(CC(=O)[C@@H]1C[C@@H]2CN1C(=O)[C@H](CNC(=O)OC(C)(C)C)CC(=O)OCC(C)(C)CC/C=C/c1cccc3c1CN(C3)C(=O)O2)C(=O)NS(=O)(=O)C1CC1. The second-order valence-electron chi connectivity index (χ2n) is 18.2. The molecule has 1 aromatic carbocycles. The van der Waals surface area contributed by atoms with Crippen molar-refractivity contribution in [1.82, 2.24) is 19.8 Å². The maximum absolute atomic E-state index is 14.6. The van der Waals surface area contributed by atoms with Gasteiger partial charge < -0.3 is 24.4 Å². The Kier molecular flexibility index (Phi) is 12.2. The fourth-order valence-electron chi connectivity index (χ4n) is 7.98. The molecule has 6 rings (SSSR count). The fraction of sp³-hybridized carbons (Fsp3) is 0.619. The number of ether oxygens (including phenoxy) is 3. The van der Waals surface area contributed by atoms with Crippen molar-refractivity contribution in [3.05, 3.63) is 53.6 Å². The first kappa shape index (κ1) is 42.9. The molecular formula is C42H56N4O11S. The van der Waals surface area contributed by atoms with Crippen molar-refractivity contribution < 1.29 is 51.4 Å². The van der Waals surface area contributed by atoms with E-state index in [1.54, 1.807) is 25.7 Å². The highest BCUT2D eigenvalue weighted by Gasteiger charge is 2.61. The lowest BCUT2D eigenvalue weighted by atomic mass is 9.88. The summed E-state index contributed by atoms with van der Waals surface area (Å²) >= 11 is 0. The third-order valence-corrected chi connectivity index (χ3v) is 13.4. The molecule has 58 heavy (non-hydrogen) atoms. The van der Waals surface area contributed by atoms with E-state index in [4.69, 9.17) is 14.2 Å². The summed E-state index contributed by atoms with van der Waals surface area (Å²) in [7, 11) is -3.92. The summed E-state index contributed by atoms with van der Waals surface area (Å²) < 4.78 is 44.8. The van der Waals surface area contributed by atoms with Gasteiger partial charge in [-0.05, 0) is 80.9 Å². The number of alkyl carbamates (subject to hydrolysis) is 1. The number of fused-ring (bicyclic) bond motifs is 3. The Morgan fingerprint density at radius 3 is 2.52 bits per heavy atom. The summed E-state index contributed by atoms with van der Waals surface area (Å²) in [4.78, 5) is 85.4. The Labute approximate surface area is 340 Å². The van der Waals surface area contributed by atoms with Gasteiger partial charge in [0.2, 0.25) is 21.8 Å². The number of carbonyl (C=O) groups is 6. The molecule has 0 aromatic heterocycles. The molecule has 5 aliphatic rings. The van der Waals surface area contributed by atoms with Crippen LogP contribution in [0.1, 0.15) is 103 Å². The minimum absolute atomic E-state index is 0.0731. The molecule has 5 atom stereocenters. The number of hydrogen-bond acceptors (Lipinski definition) is 11. The third kappa shape index (κ3) is 10.1. The van der Waals surface area contributed by atoms with E-state index in [2.05, 4.69) is 22.7 Å². The second kappa shape index (κ2) is 16.5. The number of nitrogens with zero attached hydrogens (tertiary/aromatic N) is 2. The Morgan fingerprint density at radius 1 is 1.10 bits per heavy atom. The maximum Gasteiger partial charge on any atom is 0.410 e. The van der Waals surface area contributed by atoms with Crippen molar-refractivity contribution in [2.75, 3.05) is 19.7 Å². The summed E-state index contributed by atoms with van der Waals surface area (Å²) in [6, 6.07) is 4.67. The van der Waals surface area contributed by atoms with Crippen LogP contribution in [0.2, 0.25) is 0 Å². The maximum atomic E-state index is 14.6. The van der Waals surface area contributed by atoms with E-state index in [1.807, 2.05) is 38.1 Å². The molecule has 1 aromatic rings. The van der Waals surface area contributed by atoms with Crippen LogP contribution in [0.5, 0.6) is 0 Å². The molecule has 4 amide bonds. The quantitative estimate of drug-likeness (QED) is 0.198. The van der Waals surface area contributed by atoms with E-state index in [-0.39, 0.29) is 32.5 Å². The van der Waals surface area contributed by atoms with Crippen molar-refractivity contribution in [1.29, 1.82) is 0 Å². The number of Topliss-reactive ketones (excluding diaryl/α,β-unsaturated/α-hetero) is 1. The first-order valence-electron chi connectivity index (χ1n) is 20.1. The number of nitrogens with one attached hydrogen (secondary N) is 2. The number of cyclic esters (lactones) is 1. The molecule has 15 nitrogen and oxygen atoms in total. The summed E-state index contributed by atoms with van der Waals surface area (Å²) in [5, 5.41) is 1.92. The summed E-state index contributed by atoms with van der Waals surface area (Å²) in [5.41, 5.74) is 0.279. The normalized spacial score (nSPS) is 28.1. The predicted octanol–water partition coefficient (Wildman–Crippen LogP) is 4.78. The minimum atomic E-state index is -3.92. The van der Waals surface area contributed by atoms with Gasteiger partial charge in [0.15, 0.2) is 5.78 Å². The standard InChI is InChI=1S/C42H56N4O11S/c1-7-29-19-42(29,37(50)44-58(53,54)31-14-15-31)20-34(47)33-18-30-23-46(33)36(49)28(21-43-38(51)57-40(2,3)4)17-35(48)55-25-41(5,6)16-9-8-11-26-12-10-13-27-22-45(24-32(26)27)39(52)56-30/h7-8,10-13,28-31,33H,1,9,14-25H2,2-6H3,(H,43,51)(H,44,50)/b11-8+/t28-,29+,30+,33-,42+/m0/s1. The zero-order valence-corrected chi connectivity index (χ0v) is 34.9. The molecule has 16 heteroatoms. The van der Waals surface area contributed by atoms with Gasteiger partial charge in [-0.15, -0.1) is 6.58 Å². The lowest BCUT2D eigenvalue weighted by Gasteiger charge is -2.29. The van der Waals surface area contributed by atoms with E-state index < -0.39 is 104 Å². The van der Waals surface area contributed by atoms with Crippen LogP contribution in [0.25, 0.3) is 6.08 Å². The third-order valence-electron chi connectivity index (χ3n) is 11.6. The predicted molar refractivity (Wildman–Crippen MR) is 212 cm³/mol. The second-order valence-corrected chi connectivity index (χ2v) is 20.1. The van der Waals surface area contributed by atoms with Gasteiger partial charge in [0.25, 0.3) is 0 Å². The summed E-state index contributed by atoms with van der Waals surface area (Å²) in [5.74, 6) is -4.39. The molecule has 0 spiro atoms. The topological polar surface area (TPSA) is 195 Å². The molecular weight excluding hydrogens is 769 g/mol. The van der Waals surface area contributed by atoms with Crippen LogP contribution in [0, 0.1) is 22.7 Å². The number of amides is 4. The molecule has 3 heterocycles. The van der Waals surface area contributed by atoms with Crippen LogP contribution < -0.4 is 10.0 Å². The van der Waals surface area contributed by atoms with Gasteiger partial charge in [-0.2, -0.15) is 0 Å². The van der Waals surface area contributed by atoms with Gasteiger partial charge in [0, 0.05) is 25.9 Å². The number of esters is 1. The molecule has 4 bridgehead atoms. The molecule has 2 saturated carbocycles. The molecule has 2 aliphatic carbocycles. The number of rotatable bonds is 9. The number of benzene rings is 1. The Hall–Kier alpha value is -4.73. The number of carbonyl (C=O) groups excluding carboxylic acids is 6. The van der Waals surface area contributed by atoms with Crippen LogP contribution >= 0.6 is 0 Å². The average Bonchev–Trinajstić information content (AvgIpc) is 4.03.